The molecule has 0 bridgehead atoms. The SMILES string of the molecule is COCOc1c(CC(C)=O)c(C)cc2c1C(=O)C(OC)=CC2=O. The molecule has 1 aromatic carbocycles. The summed E-state index contributed by atoms with van der Waals surface area (Å²) in [5.74, 6) is -0.706. The Morgan fingerprint density at radius 3 is 2.48 bits per heavy atom. The Morgan fingerprint density at radius 2 is 1.91 bits per heavy atom. The van der Waals surface area contributed by atoms with Gasteiger partial charge in [0.05, 0.1) is 12.7 Å². The zero-order chi connectivity index (χ0) is 17.1. The lowest BCUT2D eigenvalue weighted by Crippen LogP contribution is -2.22. The van der Waals surface area contributed by atoms with E-state index in [1.807, 2.05) is 0 Å². The number of allylic oxidation sites excluding steroid dienone is 2. The van der Waals surface area contributed by atoms with Gasteiger partial charge in [-0.15, -0.1) is 0 Å². The topological polar surface area (TPSA) is 78.9 Å². The van der Waals surface area contributed by atoms with Crippen LogP contribution in [-0.4, -0.2) is 38.4 Å². The first-order valence-corrected chi connectivity index (χ1v) is 7.03. The van der Waals surface area contributed by atoms with Crippen molar-refractivity contribution in [3.05, 3.63) is 40.2 Å². The zero-order valence-corrected chi connectivity index (χ0v) is 13.5. The largest absolute Gasteiger partial charge is 0.492 e. The van der Waals surface area contributed by atoms with Crippen molar-refractivity contribution in [3.8, 4) is 5.75 Å². The van der Waals surface area contributed by atoms with Crippen molar-refractivity contribution in [2.75, 3.05) is 21.0 Å². The van der Waals surface area contributed by atoms with Crippen molar-refractivity contribution < 1.29 is 28.6 Å². The van der Waals surface area contributed by atoms with E-state index in [9.17, 15) is 14.4 Å². The van der Waals surface area contributed by atoms with Gasteiger partial charge in [-0.25, -0.2) is 0 Å². The molecule has 0 unspecified atom stereocenters. The lowest BCUT2D eigenvalue weighted by atomic mass is 9.87. The summed E-state index contributed by atoms with van der Waals surface area (Å²) in [6.07, 6.45) is 1.26. The second-order valence-electron chi connectivity index (χ2n) is 5.26. The van der Waals surface area contributed by atoms with Crippen LogP contribution in [0.2, 0.25) is 0 Å². The van der Waals surface area contributed by atoms with Crippen LogP contribution in [0.5, 0.6) is 5.75 Å². The molecule has 1 aromatic rings. The van der Waals surface area contributed by atoms with Crippen molar-refractivity contribution in [1.29, 1.82) is 0 Å². The summed E-state index contributed by atoms with van der Waals surface area (Å²) < 4.78 is 15.4. The van der Waals surface area contributed by atoms with Gasteiger partial charge in [0, 0.05) is 30.7 Å². The smallest absolute Gasteiger partial charge is 0.232 e. The Labute approximate surface area is 134 Å². The van der Waals surface area contributed by atoms with Gasteiger partial charge in [0.25, 0.3) is 0 Å². The van der Waals surface area contributed by atoms with E-state index in [0.717, 1.165) is 6.08 Å². The molecule has 6 nitrogen and oxygen atoms in total. The highest BCUT2D eigenvalue weighted by Crippen LogP contribution is 2.36. The summed E-state index contributed by atoms with van der Waals surface area (Å²) >= 11 is 0. The standard InChI is InChI=1S/C17H18O6/c1-9-5-12-13(19)7-14(22-4)16(20)15(12)17(23-8-21-3)11(9)6-10(2)18/h5,7H,6,8H2,1-4H3. The molecule has 1 aliphatic rings. The first kappa shape index (κ1) is 16.9. The van der Waals surface area contributed by atoms with Crippen molar-refractivity contribution >= 4 is 17.3 Å². The Balaban J connectivity index is 2.71. The minimum atomic E-state index is -0.446. The first-order valence-electron chi connectivity index (χ1n) is 7.03. The van der Waals surface area contributed by atoms with Gasteiger partial charge in [0.2, 0.25) is 5.78 Å². The van der Waals surface area contributed by atoms with Crippen LogP contribution >= 0.6 is 0 Å². The van der Waals surface area contributed by atoms with Crippen molar-refractivity contribution in [2.45, 2.75) is 20.3 Å². The fourth-order valence-electron chi connectivity index (χ4n) is 2.53. The number of ketones is 3. The summed E-state index contributed by atoms with van der Waals surface area (Å²) in [4.78, 5) is 36.4. The molecule has 0 N–H and O–H groups in total. The highest BCUT2D eigenvalue weighted by Gasteiger charge is 2.32. The van der Waals surface area contributed by atoms with Crippen molar-refractivity contribution in [3.63, 3.8) is 0 Å². The molecule has 6 heteroatoms. The molecule has 0 amide bonds. The average Bonchev–Trinajstić information content (AvgIpc) is 2.50. The minimum Gasteiger partial charge on any atom is -0.492 e. The molecule has 0 saturated carbocycles. The molecule has 0 aromatic heterocycles. The Hall–Kier alpha value is -2.47. The Morgan fingerprint density at radius 1 is 1.22 bits per heavy atom. The number of fused-ring (bicyclic) bond motifs is 1. The second-order valence-corrected chi connectivity index (χ2v) is 5.26. The average molecular weight is 318 g/mol. The maximum absolute atomic E-state index is 12.6. The lowest BCUT2D eigenvalue weighted by molar-refractivity contribution is -0.116. The van der Waals surface area contributed by atoms with Gasteiger partial charge in [-0.1, -0.05) is 0 Å². The van der Waals surface area contributed by atoms with E-state index >= 15 is 0 Å². The quantitative estimate of drug-likeness (QED) is 0.747. The predicted octanol–water partition coefficient (Wildman–Crippen LogP) is 2.02. The zero-order valence-electron chi connectivity index (χ0n) is 13.5. The van der Waals surface area contributed by atoms with Gasteiger partial charge in [-0.05, 0) is 25.5 Å². The third kappa shape index (κ3) is 3.17. The van der Waals surface area contributed by atoms with E-state index in [4.69, 9.17) is 14.2 Å². The fraction of sp³-hybridized carbons (Fsp3) is 0.353. The van der Waals surface area contributed by atoms with Crippen LogP contribution in [0.1, 0.15) is 38.8 Å². The number of Topliss-reactive ketones (excluding diaryl/α,β-unsaturated/α-hetero) is 2. The fourth-order valence-corrected chi connectivity index (χ4v) is 2.53. The maximum atomic E-state index is 12.6. The van der Waals surface area contributed by atoms with E-state index in [1.54, 1.807) is 13.0 Å². The molecular weight excluding hydrogens is 300 g/mol. The molecule has 1 aliphatic carbocycles. The van der Waals surface area contributed by atoms with E-state index in [2.05, 4.69) is 0 Å². The molecule has 0 aliphatic heterocycles. The minimum absolute atomic E-state index is 0.0533. The molecule has 0 saturated heterocycles. The Bertz CT molecular complexity index is 714. The maximum Gasteiger partial charge on any atom is 0.232 e. The number of carbonyl (C=O) groups excluding carboxylic acids is 3. The number of hydrogen-bond acceptors (Lipinski definition) is 6. The lowest BCUT2D eigenvalue weighted by Gasteiger charge is -2.22. The molecule has 122 valence electrons. The van der Waals surface area contributed by atoms with Crippen LogP contribution in [-0.2, 0) is 20.7 Å². The molecule has 23 heavy (non-hydrogen) atoms. The van der Waals surface area contributed by atoms with Crippen LogP contribution in [0.3, 0.4) is 0 Å². The highest BCUT2D eigenvalue weighted by molar-refractivity contribution is 6.25. The van der Waals surface area contributed by atoms with Crippen LogP contribution in [0.25, 0.3) is 0 Å². The van der Waals surface area contributed by atoms with Crippen LogP contribution in [0.15, 0.2) is 17.9 Å². The normalized spacial score (nSPS) is 13.5. The molecule has 0 spiro atoms. The third-order valence-corrected chi connectivity index (χ3v) is 3.55. The molecule has 0 fully saturated rings. The number of aryl methyl sites for hydroxylation is 1. The molecule has 0 heterocycles. The van der Waals surface area contributed by atoms with E-state index in [1.165, 1.54) is 21.1 Å². The van der Waals surface area contributed by atoms with Crippen LogP contribution < -0.4 is 4.74 Å². The molecule has 0 atom stereocenters. The van der Waals surface area contributed by atoms with Crippen LogP contribution in [0, 0.1) is 6.92 Å². The van der Waals surface area contributed by atoms with E-state index in [0.29, 0.717) is 11.1 Å². The number of benzene rings is 1. The van der Waals surface area contributed by atoms with Crippen molar-refractivity contribution in [1.82, 2.24) is 0 Å². The van der Waals surface area contributed by atoms with E-state index < -0.39 is 5.78 Å². The van der Waals surface area contributed by atoms with Gasteiger partial charge in [-0.3, -0.25) is 14.4 Å². The van der Waals surface area contributed by atoms with Crippen molar-refractivity contribution in [2.24, 2.45) is 0 Å². The number of carbonyl (C=O) groups is 3. The number of hydrogen-bond donors (Lipinski definition) is 0. The predicted molar refractivity (Wildman–Crippen MR) is 81.8 cm³/mol. The summed E-state index contributed by atoms with van der Waals surface area (Å²) in [5, 5.41) is 0. The summed E-state index contributed by atoms with van der Waals surface area (Å²) in [6.45, 7) is 3.12. The van der Waals surface area contributed by atoms with Gasteiger partial charge < -0.3 is 14.2 Å². The monoisotopic (exact) mass is 318 g/mol. The number of rotatable bonds is 6. The van der Waals surface area contributed by atoms with Crippen LogP contribution in [0.4, 0.5) is 0 Å². The second kappa shape index (κ2) is 6.75. The third-order valence-electron chi connectivity index (χ3n) is 3.55. The summed E-state index contributed by atoms with van der Waals surface area (Å²) in [7, 11) is 2.77. The summed E-state index contributed by atoms with van der Waals surface area (Å²) in [5.41, 5.74) is 1.65. The van der Waals surface area contributed by atoms with Gasteiger partial charge in [0.1, 0.15) is 11.5 Å². The Kier molecular flexibility index (Phi) is 4.95. The van der Waals surface area contributed by atoms with Gasteiger partial charge >= 0.3 is 0 Å². The highest BCUT2D eigenvalue weighted by atomic mass is 16.7. The molecule has 2 rings (SSSR count). The number of methoxy groups -OCH3 is 2. The van der Waals surface area contributed by atoms with Gasteiger partial charge in [-0.2, -0.15) is 0 Å². The summed E-state index contributed by atoms with van der Waals surface area (Å²) in [6, 6.07) is 1.61. The van der Waals surface area contributed by atoms with E-state index in [-0.39, 0.29) is 47.4 Å². The first-order chi connectivity index (χ1) is 10.9. The molecule has 0 radical (unpaired) electrons. The number of ether oxygens (including phenoxy) is 3. The molecular formula is C17H18O6. The van der Waals surface area contributed by atoms with Gasteiger partial charge in [0.15, 0.2) is 18.3 Å².